The maximum absolute atomic E-state index is 11.9. The molecule has 0 aliphatic rings. The molecule has 2 aromatic rings. The van der Waals surface area contributed by atoms with Gasteiger partial charge in [-0.3, -0.25) is 9.36 Å². The van der Waals surface area contributed by atoms with Gasteiger partial charge in [-0.25, -0.2) is 9.97 Å². The van der Waals surface area contributed by atoms with Gasteiger partial charge in [-0.15, -0.1) is 0 Å². The minimum Gasteiger partial charge on any atom is -0.321 e. The van der Waals surface area contributed by atoms with Gasteiger partial charge in [-0.2, -0.15) is 0 Å². The fraction of sp³-hybridized carbons (Fsp3) is 0.222. The molecule has 2 aromatic heterocycles. The lowest BCUT2D eigenvalue weighted by Crippen LogP contribution is -2.24. The number of hydrogen-bond donors (Lipinski definition) is 0. The molecule has 0 amide bonds. The van der Waals surface area contributed by atoms with Crippen LogP contribution in [0.1, 0.15) is 5.82 Å². The standard InChI is InChI=1S/C9H7Cl2IN4O/c1-15-5(10)2-13-6(15)3-16-4-14-8(11)7(12)9(16)17/h2,4H,3H2,1H3. The first-order valence-electron chi connectivity index (χ1n) is 4.57. The van der Waals surface area contributed by atoms with Gasteiger partial charge in [0.05, 0.1) is 19.1 Å². The van der Waals surface area contributed by atoms with Crippen LogP contribution in [0.15, 0.2) is 17.3 Å². The topological polar surface area (TPSA) is 52.7 Å². The van der Waals surface area contributed by atoms with Crippen molar-refractivity contribution in [3.8, 4) is 0 Å². The van der Waals surface area contributed by atoms with Gasteiger partial charge in [0, 0.05) is 7.05 Å². The SMILES string of the molecule is Cn1c(Cl)cnc1Cn1cnc(Cl)c(I)c1=O. The lowest BCUT2D eigenvalue weighted by Gasteiger charge is -2.06. The fourth-order valence-corrected chi connectivity index (χ4v) is 2.00. The van der Waals surface area contributed by atoms with Crippen LogP contribution in [0.5, 0.6) is 0 Å². The smallest absolute Gasteiger partial charge is 0.268 e. The Morgan fingerprint density at radius 1 is 1.41 bits per heavy atom. The van der Waals surface area contributed by atoms with Crippen molar-refractivity contribution in [2.75, 3.05) is 0 Å². The van der Waals surface area contributed by atoms with Crippen LogP contribution in [0.4, 0.5) is 0 Å². The highest BCUT2D eigenvalue weighted by Gasteiger charge is 2.10. The van der Waals surface area contributed by atoms with Gasteiger partial charge in [-0.05, 0) is 22.6 Å². The van der Waals surface area contributed by atoms with Crippen molar-refractivity contribution < 1.29 is 0 Å². The molecule has 0 bridgehead atoms. The molecule has 0 aliphatic carbocycles. The Kier molecular flexibility index (Phi) is 3.74. The molecule has 2 heterocycles. The fourth-order valence-electron chi connectivity index (χ4n) is 1.28. The number of hydrogen-bond acceptors (Lipinski definition) is 3. The van der Waals surface area contributed by atoms with Gasteiger partial charge in [0.1, 0.15) is 19.7 Å². The van der Waals surface area contributed by atoms with E-state index in [1.54, 1.807) is 11.6 Å². The minimum atomic E-state index is -0.190. The van der Waals surface area contributed by atoms with Crippen LogP contribution in [0, 0.1) is 3.57 Å². The Hall–Kier alpha value is -0.600. The first-order valence-corrected chi connectivity index (χ1v) is 6.40. The lowest BCUT2D eigenvalue weighted by molar-refractivity contribution is 0.663. The second-order valence-electron chi connectivity index (χ2n) is 3.34. The monoisotopic (exact) mass is 384 g/mol. The summed E-state index contributed by atoms with van der Waals surface area (Å²) in [5, 5.41) is 0.731. The molecule has 5 nitrogen and oxygen atoms in total. The molecule has 0 spiro atoms. The van der Waals surface area contributed by atoms with Crippen molar-refractivity contribution in [1.29, 1.82) is 0 Å². The summed E-state index contributed by atoms with van der Waals surface area (Å²) in [6, 6.07) is 0. The van der Waals surface area contributed by atoms with Crippen molar-refractivity contribution in [3.05, 3.63) is 42.6 Å². The zero-order valence-corrected chi connectivity index (χ0v) is 12.4. The summed E-state index contributed by atoms with van der Waals surface area (Å²) < 4.78 is 3.54. The van der Waals surface area contributed by atoms with Crippen molar-refractivity contribution in [3.63, 3.8) is 0 Å². The third-order valence-electron chi connectivity index (χ3n) is 2.28. The number of nitrogens with zero attached hydrogens (tertiary/aromatic N) is 4. The molecule has 90 valence electrons. The third-order valence-corrected chi connectivity index (χ3v) is 4.21. The zero-order valence-electron chi connectivity index (χ0n) is 8.69. The van der Waals surface area contributed by atoms with Crippen LogP contribution < -0.4 is 5.56 Å². The first-order chi connectivity index (χ1) is 8.00. The summed E-state index contributed by atoms with van der Waals surface area (Å²) >= 11 is 13.5. The van der Waals surface area contributed by atoms with Crippen LogP contribution in [-0.2, 0) is 13.6 Å². The van der Waals surface area contributed by atoms with Gasteiger partial charge in [0.25, 0.3) is 5.56 Å². The van der Waals surface area contributed by atoms with Gasteiger partial charge >= 0.3 is 0 Å². The number of imidazole rings is 1. The van der Waals surface area contributed by atoms with E-state index in [1.807, 2.05) is 22.6 Å². The second-order valence-corrected chi connectivity index (χ2v) is 5.16. The summed E-state index contributed by atoms with van der Waals surface area (Å²) in [5.41, 5.74) is -0.190. The highest BCUT2D eigenvalue weighted by Crippen LogP contribution is 2.12. The maximum Gasteiger partial charge on any atom is 0.268 e. The molecule has 0 N–H and O–H groups in total. The van der Waals surface area contributed by atoms with Crippen LogP contribution in [0.2, 0.25) is 10.3 Å². The van der Waals surface area contributed by atoms with E-state index in [4.69, 9.17) is 23.2 Å². The normalized spacial score (nSPS) is 10.8. The van der Waals surface area contributed by atoms with Crippen molar-refractivity contribution in [2.45, 2.75) is 6.54 Å². The third kappa shape index (κ3) is 2.48. The van der Waals surface area contributed by atoms with Crippen LogP contribution >= 0.6 is 45.8 Å². The average molecular weight is 385 g/mol. The van der Waals surface area contributed by atoms with E-state index in [-0.39, 0.29) is 10.7 Å². The number of halogens is 3. The van der Waals surface area contributed by atoms with Crippen molar-refractivity contribution in [2.24, 2.45) is 7.05 Å². The van der Waals surface area contributed by atoms with E-state index in [9.17, 15) is 4.79 Å². The average Bonchev–Trinajstić information content (AvgIpc) is 2.62. The molecule has 0 atom stereocenters. The summed E-state index contributed by atoms with van der Waals surface area (Å²) in [4.78, 5) is 19.9. The molecular weight excluding hydrogens is 378 g/mol. The lowest BCUT2D eigenvalue weighted by atomic mass is 10.5. The highest BCUT2D eigenvalue weighted by atomic mass is 127. The Morgan fingerprint density at radius 3 is 2.71 bits per heavy atom. The molecule has 0 aliphatic heterocycles. The van der Waals surface area contributed by atoms with E-state index in [1.165, 1.54) is 17.1 Å². The van der Waals surface area contributed by atoms with Crippen LogP contribution in [0.3, 0.4) is 0 Å². The van der Waals surface area contributed by atoms with Gasteiger partial charge < -0.3 is 4.57 Å². The second kappa shape index (κ2) is 4.95. The summed E-state index contributed by atoms with van der Waals surface area (Å²) in [5.74, 6) is 0.678. The molecule has 0 radical (unpaired) electrons. The van der Waals surface area contributed by atoms with E-state index in [0.717, 1.165) is 0 Å². The number of aromatic nitrogens is 4. The quantitative estimate of drug-likeness (QED) is 0.587. The molecule has 2 rings (SSSR count). The summed E-state index contributed by atoms with van der Waals surface area (Å²) in [7, 11) is 1.78. The Bertz CT molecular complexity index is 622. The molecule has 17 heavy (non-hydrogen) atoms. The summed E-state index contributed by atoms with van der Waals surface area (Å²) in [6.45, 7) is 0.308. The van der Waals surface area contributed by atoms with E-state index in [2.05, 4.69) is 9.97 Å². The van der Waals surface area contributed by atoms with E-state index < -0.39 is 0 Å². The molecule has 8 heteroatoms. The molecule has 0 unspecified atom stereocenters. The van der Waals surface area contributed by atoms with Crippen LogP contribution in [0.25, 0.3) is 0 Å². The van der Waals surface area contributed by atoms with E-state index >= 15 is 0 Å². The van der Waals surface area contributed by atoms with Crippen molar-refractivity contribution >= 4 is 45.8 Å². The molecule has 0 fully saturated rings. The first kappa shape index (κ1) is 12.8. The van der Waals surface area contributed by atoms with Gasteiger partial charge in [0.2, 0.25) is 0 Å². The maximum atomic E-state index is 11.9. The summed E-state index contributed by atoms with van der Waals surface area (Å²) in [6.07, 6.45) is 2.94. The van der Waals surface area contributed by atoms with Gasteiger partial charge in [0.15, 0.2) is 0 Å². The Morgan fingerprint density at radius 2 is 2.12 bits per heavy atom. The minimum absolute atomic E-state index is 0.190. The molecular formula is C9H7Cl2IN4O. The van der Waals surface area contributed by atoms with Crippen LogP contribution in [-0.4, -0.2) is 19.1 Å². The van der Waals surface area contributed by atoms with Crippen molar-refractivity contribution in [1.82, 2.24) is 19.1 Å². The van der Waals surface area contributed by atoms with Gasteiger partial charge in [-0.1, -0.05) is 23.2 Å². The predicted molar refractivity (Wildman–Crippen MR) is 73.5 cm³/mol. The Balaban J connectivity index is 2.41. The largest absolute Gasteiger partial charge is 0.321 e. The highest BCUT2D eigenvalue weighted by molar-refractivity contribution is 14.1. The van der Waals surface area contributed by atoms with E-state index in [0.29, 0.717) is 21.1 Å². The zero-order chi connectivity index (χ0) is 12.6. The molecule has 0 aromatic carbocycles. The number of rotatable bonds is 2. The Labute approximate surface area is 121 Å². The molecule has 0 saturated heterocycles. The predicted octanol–water partition coefficient (Wildman–Crippen LogP) is 1.94. The molecule has 0 saturated carbocycles.